The molecule has 1 atom stereocenters. The minimum Gasteiger partial charge on any atom is -0.467 e. The van der Waals surface area contributed by atoms with Crippen LogP contribution in [0.5, 0.6) is 0 Å². The van der Waals surface area contributed by atoms with Gasteiger partial charge in [0.1, 0.15) is 28.3 Å². The van der Waals surface area contributed by atoms with Crippen molar-refractivity contribution in [1.82, 2.24) is 9.97 Å². The van der Waals surface area contributed by atoms with Crippen molar-refractivity contribution in [2.75, 3.05) is 24.6 Å². The summed E-state index contributed by atoms with van der Waals surface area (Å²) in [6.07, 6.45) is 2.49. The van der Waals surface area contributed by atoms with E-state index in [-0.39, 0.29) is 6.10 Å². The number of aromatic nitrogens is 2. The summed E-state index contributed by atoms with van der Waals surface area (Å²) in [6.45, 7) is 4.34. The third-order valence-corrected chi connectivity index (χ3v) is 4.70. The van der Waals surface area contributed by atoms with Crippen molar-refractivity contribution < 1.29 is 9.15 Å². The van der Waals surface area contributed by atoms with E-state index < -0.39 is 0 Å². The lowest BCUT2D eigenvalue weighted by Gasteiger charge is -2.33. The second-order valence-corrected chi connectivity index (χ2v) is 6.17. The molecule has 0 radical (unpaired) electrons. The summed E-state index contributed by atoms with van der Waals surface area (Å²) in [5.74, 6) is 2.78. The third-order valence-electron chi connectivity index (χ3n) is 3.89. The zero-order valence-corrected chi connectivity index (χ0v) is 13.2. The molecule has 1 saturated heterocycles. The molecule has 114 valence electrons. The van der Waals surface area contributed by atoms with Gasteiger partial charge in [-0.3, -0.25) is 0 Å². The van der Waals surface area contributed by atoms with Crippen LogP contribution in [0.4, 0.5) is 5.82 Å². The van der Waals surface area contributed by atoms with Crippen molar-refractivity contribution in [2.45, 2.75) is 19.4 Å². The summed E-state index contributed by atoms with van der Waals surface area (Å²) in [5, 5.41) is 3.20. The van der Waals surface area contributed by atoms with E-state index in [2.05, 4.69) is 28.3 Å². The van der Waals surface area contributed by atoms with Crippen molar-refractivity contribution >= 4 is 27.4 Å². The minimum atomic E-state index is -0.0440. The molecular formula is C16H17N3O2S. The standard InChI is InChI=1S/C16H17N3O2S/c1-2-14-17-15(11-5-9-22-16(11)18-14)19-6-8-21-13(10-19)12-4-3-7-20-12/h3-5,7,9,13H,2,6,8,10H2,1H3. The fourth-order valence-corrected chi connectivity index (χ4v) is 3.55. The zero-order valence-electron chi connectivity index (χ0n) is 12.4. The van der Waals surface area contributed by atoms with Gasteiger partial charge in [0.05, 0.1) is 24.8 Å². The molecule has 0 saturated carbocycles. The molecule has 0 spiro atoms. The van der Waals surface area contributed by atoms with E-state index in [1.165, 1.54) is 0 Å². The predicted molar refractivity (Wildman–Crippen MR) is 86.4 cm³/mol. The Bertz CT molecular complexity index is 769. The first-order valence-corrected chi connectivity index (χ1v) is 8.37. The lowest BCUT2D eigenvalue weighted by atomic mass is 10.2. The number of ether oxygens (including phenoxy) is 1. The lowest BCUT2D eigenvalue weighted by molar-refractivity contribution is 0.0256. The number of rotatable bonds is 3. The van der Waals surface area contributed by atoms with Gasteiger partial charge in [-0.25, -0.2) is 9.97 Å². The molecule has 4 heterocycles. The van der Waals surface area contributed by atoms with E-state index in [1.807, 2.05) is 12.1 Å². The quantitative estimate of drug-likeness (QED) is 0.741. The second kappa shape index (κ2) is 5.70. The van der Waals surface area contributed by atoms with Crippen LogP contribution in [0.3, 0.4) is 0 Å². The van der Waals surface area contributed by atoms with E-state index in [1.54, 1.807) is 17.6 Å². The van der Waals surface area contributed by atoms with E-state index in [0.29, 0.717) is 6.61 Å². The summed E-state index contributed by atoms with van der Waals surface area (Å²) < 4.78 is 11.3. The number of morpholine rings is 1. The maximum atomic E-state index is 5.85. The second-order valence-electron chi connectivity index (χ2n) is 5.28. The smallest absolute Gasteiger partial charge is 0.141 e. The van der Waals surface area contributed by atoms with E-state index in [4.69, 9.17) is 14.1 Å². The molecule has 1 unspecified atom stereocenters. The van der Waals surface area contributed by atoms with Gasteiger partial charge in [0.15, 0.2) is 0 Å². The maximum absolute atomic E-state index is 5.85. The number of hydrogen-bond acceptors (Lipinski definition) is 6. The summed E-state index contributed by atoms with van der Waals surface area (Å²) in [4.78, 5) is 12.7. The van der Waals surface area contributed by atoms with Gasteiger partial charge < -0.3 is 14.1 Å². The van der Waals surface area contributed by atoms with Crippen LogP contribution in [-0.2, 0) is 11.2 Å². The number of anilines is 1. The highest BCUT2D eigenvalue weighted by molar-refractivity contribution is 7.16. The zero-order chi connectivity index (χ0) is 14.9. The van der Waals surface area contributed by atoms with Gasteiger partial charge >= 0.3 is 0 Å². The molecule has 4 rings (SSSR count). The van der Waals surface area contributed by atoms with Gasteiger partial charge in [-0.05, 0) is 23.6 Å². The first-order chi connectivity index (χ1) is 10.8. The average molecular weight is 315 g/mol. The highest BCUT2D eigenvalue weighted by Gasteiger charge is 2.26. The first kappa shape index (κ1) is 13.7. The Morgan fingerprint density at radius 1 is 1.36 bits per heavy atom. The Hall–Kier alpha value is -1.92. The molecular weight excluding hydrogens is 298 g/mol. The molecule has 5 nitrogen and oxygen atoms in total. The summed E-state index contributed by atoms with van der Waals surface area (Å²) in [7, 11) is 0. The minimum absolute atomic E-state index is 0.0440. The van der Waals surface area contributed by atoms with Crippen LogP contribution in [0.1, 0.15) is 24.6 Å². The molecule has 0 bridgehead atoms. The number of nitrogens with zero attached hydrogens (tertiary/aromatic N) is 3. The molecule has 22 heavy (non-hydrogen) atoms. The Balaban J connectivity index is 1.70. The van der Waals surface area contributed by atoms with Gasteiger partial charge in [-0.2, -0.15) is 0 Å². The third kappa shape index (κ3) is 2.38. The monoisotopic (exact) mass is 315 g/mol. The van der Waals surface area contributed by atoms with Gasteiger partial charge in [0.2, 0.25) is 0 Å². The molecule has 0 amide bonds. The molecule has 1 fully saturated rings. The van der Waals surface area contributed by atoms with Gasteiger partial charge in [-0.1, -0.05) is 6.92 Å². The van der Waals surface area contributed by atoms with Crippen molar-refractivity contribution in [3.8, 4) is 0 Å². The van der Waals surface area contributed by atoms with Crippen LogP contribution in [0, 0.1) is 0 Å². The Labute approximate surface area is 132 Å². The normalized spacial score (nSPS) is 19.0. The first-order valence-electron chi connectivity index (χ1n) is 7.49. The van der Waals surface area contributed by atoms with Gasteiger partial charge in [0, 0.05) is 13.0 Å². The van der Waals surface area contributed by atoms with Crippen molar-refractivity contribution in [2.24, 2.45) is 0 Å². The molecule has 3 aromatic rings. The summed E-state index contributed by atoms with van der Waals surface area (Å²) in [6, 6.07) is 5.96. The van der Waals surface area contributed by atoms with Gasteiger partial charge in [-0.15, -0.1) is 11.3 Å². The van der Waals surface area contributed by atoms with Crippen molar-refractivity contribution in [3.63, 3.8) is 0 Å². The van der Waals surface area contributed by atoms with E-state index >= 15 is 0 Å². The molecule has 1 aliphatic heterocycles. The van der Waals surface area contributed by atoms with E-state index in [9.17, 15) is 0 Å². The summed E-state index contributed by atoms with van der Waals surface area (Å²) in [5.41, 5.74) is 0. The Morgan fingerprint density at radius 3 is 3.14 bits per heavy atom. The molecule has 1 aliphatic rings. The van der Waals surface area contributed by atoms with Gasteiger partial charge in [0.25, 0.3) is 0 Å². The molecule has 6 heteroatoms. The Morgan fingerprint density at radius 2 is 2.32 bits per heavy atom. The fourth-order valence-electron chi connectivity index (χ4n) is 2.77. The lowest BCUT2D eigenvalue weighted by Crippen LogP contribution is -2.39. The van der Waals surface area contributed by atoms with E-state index in [0.717, 1.165) is 47.1 Å². The van der Waals surface area contributed by atoms with Crippen LogP contribution >= 0.6 is 11.3 Å². The Kier molecular flexibility index (Phi) is 3.56. The predicted octanol–water partition coefficient (Wildman–Crippen LogP) is 3.42. The topological polar surface area (TPSA) is 51.4 Å². The van der Waals surface area contributed by atoms with Crippen LogP contribution in [0.2, 0.25) is 0 Å². The number of furan rings is 1. The fraction of sp³-hybridized carbons (Fsp3) is 0.375. The van der Waals surface area contributed by atoms with Crippen molar-refractivity contribution in [3.05, 3.63) is 41.4 Å². The highest BCUT2D eigenvalue weighted by Crippen LogP contribution is 2.31. The number of fused-ring (bicyclic) bond motifs is 1. The summed E-state index contributed by atoms with van der Waals surface area (Å²) >= 11 is 1.67. The van der Waals surface area contributed by atoms with Crippen LogP contribution in [-0.4, -0.2) is 29.7 Å². The molecule has 0 N–H and O–H groups in total. The molecule has 0 aromatic carbocycles. The van der Waals surface area contributed by atoms with Crippen LogP contribution in [0.25, 0.3) is 10.2 Å². The van der Waals surface area contributed by atoms with Crippen LogP contribution < -0.4 is 4.90 Å². The number of aryl methyl sites for hydroxylation is 1. The highest BCUT2D eigenvalue weighted by atomic mass is 32.1. The number of thiophene rings is 1. The van der Waals surface area contributed by atoms with Crippen LogP contribution in [0.15, 0.2) is 34.3 Å². The largest absolute Gasteiger partial charge is 0.467 e. The SMILES string of the molecule is CCc1nc(N2CCOC(c3ccco3)C2)c2ccsc2n1. The van der Waals surface area contributed by atoms with Crippen molar-refractivity contribution in [1.29, 1.82) is 0 Å². The number of hydrogen-bond donors (Lipinski definition) is 0. The average Bonchev–Trinajstić information content (AvgIpc) is 3.25. The molecule has 0 aliphatic carbocycles. The molecule has 3 aromatic heterocycles. The maximum Gasteiger partial charge on any atom is 0.141 e.